The first-order valence-electron chi connectivity index (χ1n) is 4.94. The van der Waals surface area contributed by atoms with E-state index in [0.29, 0.717) is 0 Å². The van der Waals surface area contributed by atoms with Crippen LogP contribution in [0.25, 0.3) is 0 Å². The monoisotopic (exact) mass is 262 g/mol. The van der Waals surface area contributed by atoms with Gasteiger partial charge in [0.2, 0.25) is 11.9 Å². The molecular weight excluding hydrogens is 260 g/mol. The molecule has 0 unspecified atom stereocenters. The maximum absolute atomic E-state index is 8.72. The largest absolute Gasteiger partial charge is 0.312 e. The van der Waals surface area contributed by atoms with E-state index in [2.05, 4.69) is 30.2 Å². The molecule has 0 aliphatic heterocycles. The van der Waals surface area contributed by atoms with E-state index in [1.807, 2.05) is 0 Å². The molecule has 92 valence electrons. The quantitative estimate of drug-likeness (QED) is 0.762. The molecule has 2 aromatic rings. The number of hydrogen-bond acceptors (Lipinski definition) is 8. The molecule has 0 bridgehead atoms. The van der Waals surface area contributed by atoms with Gasteiger partial charge in [0.15, 0.2) is 22.8 Å². The molecule has 2 heterocycles. The molecule has 2 aromatic heterocycles. The molecule has 0 saturated heterocycles. The first-order chi connectivity index (χ1) is 9.71. The van der Waals surface area contributed by atoms with E-state index >= 15 is 0 Å². The Labute approximate surface area is 111 Å². The van der Waals surface area contributed by atoms with Gasteiger partial charge in [-0.25, -0.2) is 0 Å². The molecule has 2 N–H and O–H groups in total. The number of hydrogen-bond donors (Lipinski definition) is 2. The average molecular weight is 262 g/mol. The number of nitriles is 4. The molecule has 20 heavy (non-hydrogen) atoms. The van der Waals surface area contributed by atoms with Crippen molar-refractivity contribution in [3.05, 3.63) is 22.8 Å². The summed E-state index contributed by atoms with van der Waals surface area (Å²) in [5.41, 5.74) is -0.264. The highest BCUT2D eigenvalue weighted by atomic mass is 15.3. The number of rotatable bonds is 2. The van der Waals surface area contributed by atoms with Crippen molar-refractivity contribution in [2.75, 3.05) is 0 Å². The number of H-pyrrole nitrogens is 2. The first-order valence-corrected chi connectivity index (χ1v) is 4.94. The molecule has 0 fully saturated rings. The summed E-state index contributed by atoms with van der Waals surface area (Å²) >= 11 is 0. The fourth-order valence-electron chi connectivity index (χ4n) is 1.23. The van der Waals surface area contributed by atoms with Crippen molar-refractivity contribution >= 4 is 11.9 Å². The van der Waals surface area contributed by atoms with E-state index < -0.39 is 0 Å². The fourth-order valence-corrected chi connectivity index (χ4v) is 1.23. The van der Waals surface area contributed by atoms with Crippen molar-refractivity contribution in [3.8, 4) is 24.3 Å². The molecule has 0 radical (unpaired) electrons. The smallest absolute Gasteiger partial charge is 0.249 e. The van der Waals surface area contributed by atoms with Gasteiger partial charge in [0.25, 0.3) is 0 Å². The van der Waals surface area contributed by atoms with Gasteiger partial charge in [-0.1, -0.05) is 0 Å². The number of nitrogens with zero attached hydrogens (tertiary/aromatic N) is 8. The van der Waals surface area contributed by atoms with Crippen molar-refractivity contribution in [2.24, 2.45) is 10.2 Å². The SMILES string of the molecule is N#Cc1nc(N=Nc2nc(C#N)c(C#N)[nH]2)[nH]c1C#N. The Kier molecular flexibility index (Phi) is 3.17. The van der Waals surface area contributed by atoms with E-state index in [1.165, 1.54) is 0 Å². The first kappa shape index (κ1) is 12.4. The zero-order valence-electron chi connectivity index (χ0n) is 9.58. The summed E-state index contributed by atoms with van der Waals surface area (Å²) in [7, 11) is 0. The second-order valence-electron chi connectivity index (χ2n) is 3.22. The van der Waals surface area contributed by atoms with Crippen LogP contribution in [-0.2, 0) is 0 Å². The summed E-state index contributed by atoms with van der Waals surface area (Å²) in [5.74, 6) is -0.127. The molecule has 0 amide bonds. The number of azo groups is 1. The van der Waals surface area contributed by atoms with Crippen LogP contribution in [0.1, 0.15) is 22.8 Å². The van der Waals surface area contributed by atoms with Gasteiger partial charge < -0.3 is 9.97 Å². The predicted octanol–water partition coefficient (Wildman–Crippen LogP) is 1.03. The summed E-state index contributed by atoms with van der Waals surface area (Å²) in [4.78, 5) is 12.4. The van der Waals surface area contributed by atoms with Gasteiger partial charge in [-0.3, -0.25) is 0 Å². The second kappa shape index (κ2) is 5.09. The third-order valence-corrected chi connectivity index (χ3v) is 2.06. The number of aromatic nitrogens is 4. The van der Waals surface area contributed by atoms with Gasteiger partial charge in [-0.15, -0.1) is 10.2 Å². The molecule has 10 nitrogen and oxygen atoms in total. The van der Waals surface area contributed by atoms with Gasteiger partial charge in [-0.2, -0.15) is 31.0 Å². The lowest BCUT2D eigenvalue weighted by Gasteiger charge is -1.81. The standard InChI is InChI=1S/C10H2N10/c11-1-5-6(2-12)16-9(15-5)19-20-10-17-7(3-13)8(4-14)18-10/h(H,15,16)(H,17,18). The zero-order chi connectivity index (χ0) is 14.5. The zero-order valence-corrected chi connectivity index (χ0v) is 9.58. The minimum Gasteiger partial charge on any atom is -0.312 e. The minimum absolute atomic E-state index is 0.0312. The molecule has 0 aliphatic carbocycles. The highest BCUT2D eigenvalue weighted by molar-refractivity contribution is 5.42. The Morgan fingerprint density at radius 2 is 1.10 bits per heavy atom. The maximum atomic E-state index is 8.72. The topological polar surface area (TPSA) is 177 Å². The Balaban J connectivity index is 2.32. The average Bonchev–Trinajstić information content (AvgIpc) is 3.07. The molecule has 2 rings (SSSR count). The fraction of sp³-hybridized carbons (Fsp3) is 0. The van der Waals surface area contributed by atoms with Crippen LogP contribution in [0.4, 0.5) is 11.9 Å². The Morgan fingerprint density at radius 1 is 0.700 bits per heavy atom. The molecule has 0 spiro atoms. The van der Waals surface area contributed by atoms with E-state index in [-0.39, 0.29) is 34.7 Å². The van der Waals surface area contributed by atoms with Crippen molar-refractivity contribution in [2.45, 2.75) is 0 Å². The normalized spacial score (nSPS) is 9.60. The van der Waals surface area contributed by atoms with Crippen molar-refractivity contribution in [1.29, 1.82) is 21.0 Å². The van der Waals surface area contributed by atoms with E-state index in [1.54, 1.807) is 24.3 Å². The molecule has 0 aliphatic rings. The minimum atomic E-state index is -0.101. The van der Waals surface area contributed by atoms with Gasteiger partial charge in [0, 0.05) is 0 Å². The highest BCUT2D eigenvalue weighted by Crippen LogP contribution is 2.16. The van der Waals surface area contributed by atoms with Crippen LogP contribution in [0.3, 0.4) is 0 Å². The maximum Gasteiger partial charge on any atom is 0.249 e. The summed E-state index contributed by atoms with van der Waals surface area (Å²) < 4.78 is 0. The lowest BCUT2D eigenvalue weighted by molar-refractivity contribution is 1.07. The summed E-state index contributed by atoms with van der Waals surface area (Å²) in [5, 5.41) is 42.1. The Bertz CT molecular complexity index is 719. The van der Waals surface area contributed by atoms with Crippen LogP contribution in [0, 0.1) is 45.3 Å². The summed E-state index contributed by atoms with van der Waals surface area (Å²) in [6, 6.07) is 6.93. The second-order valence-corrected chi connectivity index (χ2v) is 3.22. The van der Waals surface area contributed by atoms with E-state index in [9.17, 15) is 0 Å². The predicted molar refractivity (Wildman–Crippen MR) is 60.2 cm³/mol. The number of nitrogens with one attached hydrogen (secondary N) is 2. The molecule has 0 atom stereocenters. The molecule has 0 aromatic carbocycles. The summed E-state index contributed by atoms with van der Waals surface area (Å²) in [6.45, 7) is 0. The molecule has 10 heteroatoms. The number of aromatic amines is 2. The van der Waals surface area contributed by atoms with Gasteiger partial charge >= 0.3 is 0 Å². The van der Waals surface area contributed by atoms with Crippen LogP contribution in [0.15, 0.2) is 10.2 Å². The summed E-state index contributed by atoms with van der Waals surface area (Å²) in [6.07, 6.45) is 0. The van der Waals surface area contributed by atoms with E-state index in [0.717, 1.165) is 0 Å². The lowest BCUT2D eigenvalue weighted by Crippen LogP contribution is -1.77. The van der Waals surface area contributed by atoms with Crippen molar-refractivity contribution in [3.63, 3.8) is 0 Å². The van der Waals surface area contributed by atoms with Crippen molar-refractivity contribution in [1.82, 2.24) is 19.9 Å². The van der Waals surface area contributed by atoms with Crippen molar-refractivity contribution < 1.29 is 0 Å². The van der Waals surface area contributed by atoms with Gasteiger partial charge in [-0.05, 0) is 0 Å². The van der Waals surface area contributed by atoms with Crippen LogP contribution < -0.4 is 0 Å². The molecule has 0 saturated carbocycles. The van der Waals surface area contributed by atoms with Crippen LogP contribution in [-0.4, -0.2) is 19.9 Å². The molecular formula is C10H2N10. The van der Waals surface area contributed by atoms with Gasteiger partial charge in [0.1, 0.15) is 24.3 Å². The van der Waals surface area contributed by atoms with Crippen LogP contribution in [0.5, 0.6) is 0 Å². The number of imidazole rings is 2. The van der Waals surface area contributed by atoms with E-state index in [4.69, 9.17) is 21.0 Å². The Hall–Kier alpha value is -4.02. The third-order valence-electron chi connectivity index (χ3n) is 2.06. The van der Waals surface area contributed by atoms with Gasteiger partial charge in [0.05, 0.1) is 0 Å². The highest BCUT2D eigenvalue weighted by Gasteiger charge is 2.10. The lowest BCUT2D eigenvalue weighted by atomic mass is 10.4. The third kappa shape index (κ3) is 2.17. The van der Waals surface area contributed by atoms with Crippen LogP contribution >= 0.6 is 0 Å². The Morgan fingerprint density at radius 3 is 1.35 bits per heavy atom. The van der Waals surface area contributed by atoms with Crippen LogP contribution in [0.2, 0.25) is 0 Å².